The van der Waals surface area contributed by atoms with E-state index in [0.717, 1.165) is 16.7 Å². The van der Waals surface area contributed by atoms with E-state index in [0.29, 0.717) is 5.69 Å². The zero-order valence-electron chi connectivity index (χ0n) is 17.9. The third-order valence-corrected chi connectivity index (χ3v) is 5.25. The summed E-state index contributed by atoms with van der Waals surface area (Å²) in [5, 5.41) is 0. The number of anilines is 1. The summed E-state index contributed by atoms with van der Waals surface area (Å²) in [5.41, 5.74) is 1.66. The second-order valence-corrected chi connectivity index (χ2v) is 8.70. The number of ether oxygens (including phenoxy) is 1. The van der Waals surface area contributed by atoms with Gasteiger partial charge in [0, 0.05) is 11.5 Å². The molecule has 0 bridgehead atoms. The van der Waals surface area contributed by atoms with Crippen LogP contribution in [0.25, 0.3) is 0 Å². The van der Waals surface area contributed by atoms with Crippen molar-refractivity contribution in [1.29, 1.82) is 0 Å². The molecule has 2 aromatic rings. The molecule has 29 heavy (non-hydrogen) atoms. The highest BCUT2D eigenvalue weighted by Gasteiger charge is 2.53. The van der Waals surface area contributed by atoms with E-state index < -0.39 is 17.1 Å². The summed E-state index contributed by atoms with van der Waals surface area (Å²) in [5.74, 6) is 5.78. The minimum atomic E-state index is -0.944. The van der Waals surface area contributed by atoms with Crippen molar-refractivity contribution in [3.63, 3.8) is 0 Å². The third-order valence-electron chi connectivity index (χ3n) is 5.25. The first-order valence-electron chi connectivity index (χ1n) is 9.79. The molecule has 0 aromatic heterocycles. The minimum Gasteiger partial charge on any atom is -0.443 e. The van der Waals surface area contributed by atoms with Crippen LogP contribution in [0.4, 0.5) is 10.5 Å². The molecule has 0 fully saturated rings. The molecular weight excluding hydrogens is 362 g/mol. The van der Waals surface area contributed by atoms with Gasteiger partial charge in [-0.25, -0.2) is 9.69 Å². The monoisotopic (exact) mass is 389 g/mol. The maximum atomic E-state index is 13.5. The number of aryl methyl sites for hydroxylation is 1. The van der Waals surface area contributed by atoms with E-state index in [4.69, 9.17) is 4.74 Å². The third kappa shape index (κ3) is 3.91. The van der Waals surface area contributed by atoms with Gasteiger partial charge in [-0.3, -0.25) is 4.79 Å². The fraction of sp³-hybridized carbons (Fsp3) is 0.360. The van der Waals surface area contributed by atoms with Gasteiger partial charge < -0.3 is 4.74 Å². The topological polar surface area (TPSA) is 46.6 Å². The summed E-state index contributed by atoms with van der Waals surface area (Å²) in [6.07, 6.45) is -0.653. The highest BCUT2D eigenvalue weighted by atomic mass is 16.6. The second kappa shape index (κ2) is 7.40. The van der Waals surface area contributed by atoms with Crippen LogP contribution in [0.3, 0.4) is 0 Å². The smallest absolute Gasteiger partial charge is 0.421 e. The molecule has 0 saturated heterocycles. The SMILES string of the molecule is Cc1ccc2c(c1)[C@@](C)([C@@H](C)C#Cc1ccccc1)C(=O)N2C(=O)OC(C)(C)C. The first-order valence-corrected chi connectivity index (χ1v) is 9.79. The van der Waals surface area contributed by atoms with Crippen LogP contribution in [0, 0.1) is 24.7 Å². The normalized spacial score (nSPS) is 19.2. The van der Waals surface area contributed by atoms with Crippen LogP contribution < -0.4 is 4.90 Å². The van der Waals surface area contributed by atoms with Gasteiger partial charge in [-0.15, -0.1) is 0 Å². The largest absolute Gasteiger partial charge is 0.443 e. The molecule has 2 atom stereocenters. The van der Waals surface area contributed by atoms with E-state index in [2.05, 4.69) is 11.8 Å². The zero-order chi connectivity index (χ0) is 21.4. The molecule has 3 rings (SSSR count). The Hall–Kier alpha value is -3.06. The predicted octanol–water partition coefficient (Wildman–Crippen LogP) is 5.22. The van der Waals surface area contributed by atoms with Crippen molar-refractivity contribution in [3.8, 4) is 11.8 Å². The van der Waals surface area contributed by atoms with Gasteiger partial charge in [0.05, 0.1) is 11.1 Å². The van der Waals surface area contributed by atoms with Gasteiger partial charge >= 0.3 is 6.09 Å². The Labute approximate surface area is 172 Å². The standard InChI is InChI=1S/C25H27NO3/c1-17-12-15-21-20(16-17)25(6,18(2)13-14-19-10-8-7-9-11-19)22(27)26(21)23(28)29-24(3,4)5/h7-12,15-16,18H,1-6H3/t18-,25+/m0/s1. The lowest BCUT2D eigenvalue weighted by Gasteiger charge is -2.28. The van der Waals surface area contributed by atoms with Gasteiger partial charge in [-0.2, -0.15) is 0 Å². The van der Waals surface area contributed by atoms with E-state index in [1.54, 1.807) is 20.8 Å². The Kier molecular flexibility index (Phi) is 5.28. The van der Waals surface area contributed by atoms with E-state index in [1.807, 2.05) is 69.3 Å². The molecule has 2 amide bonds. The van der Waals surface area contributed by atoms with Gasteiger partial charge in [0.25, 0.3) is 0 Å². The number of carbonyl (C=O) groups is 2. The summed E-state index contributed by atoms with van der Waals surface area (Å²) in [7, 11) is 0. The summed E-state index contributed by atoms with van der Waals surface area (Å²) in [4.78, 5) is 27.6. The number of nitrogens with zero attached hydrogens (tertiary/aromatic N) is 1. The summed E-state index contributed by atoms with van der Waals surface area (Å²) in [6, 6.07) is 15.4. The first kappa shape index (κ1) is 20.7. The highest BCUT2D eigenvalue weighted by Crippen LogP contribution is 2.47. The molecule has 4 nitrogen and oxygen atoms in total. The zero-order valence-corrected chi connectivity index (χ0v) is 17.9. The molecular formula is C25H27NO3. The lowest BCUT2D eigenvalue weighted by Crippen LogP contribution is -2.46. The van der Waals surface area contributed by atoms with Gasteiger partial charge in [0.15, 0.2) is 0 Å². The molecule has 0 N–H and O–H groups in total. The molecule has 1 heterocycles. The average Bonchev–Trinajstić information content (AvgIpc) is 2.87. The van der Waals surface area contributed by atoms with Gasteiger partial charge in [0.2, 0.25) is 5.91 Å². The Morgan fingerprint density at radius 3 is 2.41 bits per heavy atom. The van der Waals surface area contributed by atoms with Crippen LogP contribution in [0.15, 0.2) is 48.5 Å². The molecule has 0 saturated carbocycles. The molecule has 2 aromatic carbocycles. The Morgan fingerprint density at radius 2 is 1.79 bits per heavy atom. The van der Waals surface area contributed by atoms with Crippen LogP contribution in [0.5, 0.6) is 0 Å². The van der Waals surface area contributed by atoms with Crippen LogP contribution in [-0.2, 0) is 14.9 Å². The first-order chi connectivity index (χ1) is 13.5. The van der Waals surface area contributed by atoms with E-state index >= 15 is 0 Å². The molecule has 0 radical (unpaired) electrons. The Morgan fingerprint density at radius 1 is 1.14 bits per heavy atom. The highest BCUT2D eigenvalue weighted by molar-refractivity contribution is 6.21. The van der Waals surface area contributed by atoms with Crippen LogP contribution in [0.2, 0.25) is 0 Å². The average molecular weight is 389 g/mol. The molecule has 1 aliphatic rings. The van der Waals surface area contributed by atoms with Crippen molar-refractivity contribution in [2.24, 2.45) is 5.92 Å². The molecule has 0 unspecified atom stereocenters. The van der Waals surface area contributed by atoms with Crippen molar-refractivity contribution in [3.05, 3.63) is 65.2 Å². The fourth-order valence-corrected chi connectivity index (χ4v) is 3.48. The summed E-state index contributed by atoms with van der Waals surface area (Å²) in [6.45, 7) is 11.1. The lowest BCUT2D eigenvalue weighted by atomic mass is 9.73. The summed E-state index contributed by atoms with van der Waals surface area (Å²) < 4.78 is 5.51. The van der Waals surface area contributed by atoms with Gasteiger partial charge in [-0.1, -0.05) is 54.7 Å². The number of rotatable bonds is 1. The van der Waals surface area contributed by atoms with Crippen LogP contribution in [-0.4, -0.2) is 17.6 Å². The van der Waals surface area contributed by atoms with Gasteiger partial charge in [0.1, 0.15) is 5.60 Å². The molecule has 150 valence electrons. The number of carbonyl (C=O) groups excluding carboxylic acids is 2. The molecule has 0 aliphatic carbocycles. The number of hydrogen-bond donors (Lipinski definition) is 0. The summed E-state index contributed by atoms with van der Waals surface area (Å²) >= 11 is 0. The van der Waals surface area contributed by atoms with Crippen molar-refractivity contribution in [1.82, 2.24) is 0 Å². The number of imide groups is 1. The predicted molar refractivity (Wildman–Crippen MR) is 115 cm³/mol. The fourth-order valence-electron chi connectivity index (χ4n) is 3.48. The van der Waals surface area contributed by atoms with Crippen LogP contribution in [0.1, 0.15) is 51.3 Å². The number of fused-ring (bicyclic) bond motifs is 1. The minimum absolute atomic E-state index is 0.303. The molecule has 4 heteroatoms. The Bertz CT molecular complexity index is 1010. The molecule has 0 spiro atoms. The van der Waals surface area contributed by atoms with Crippen molar-refractivity contribution in [2.45, 2.75) is 52.6 Å². The second-order valence-electron chi connectivity index (χ2n) is 8.70. The van der Waals surface area contributed by atoms with E-state index in [-0.39, 0.29) is 11.8 Å². The number of amides is 2. The number of hydrogen-bond acceptors (Lipinski definition) is 3. The van der Waals surface area contributed by atoms with Crippen molar-refractivity contribution >= 4 is 17.7 Å². The quantitative estimate of drug-likeness (QED) is 0.628. The van der Waals surface area contributed by atoms with Gasteiger partial charge in [-0.05, 0) is 58.4 Å². The van der Waals surface area contributed by atoms with E-state index in [9.17, 15) is 9.59 Å². The molecule has 1 aliphatic heterocycles. The number of benzene rings is 2. The Balaban J connectivity index is 2.05. The van der Waals surface area contributed by atoms with E-state index in [1.165, 1.54) is 4.90 Å². The maximum absolute atomic E-state index is 13.5. The maximum Gasteiger partial charge on any atom is 0.421 e. The van der Waals surface area contributed by atoms with Crippen molar-refractivity contribution in [2.75, 3.05) is 4.90 Å². The lowest BCUT2D eigenvalue weighted by molar-refractivity contribution is -0.123. The van der Waals surface area contributed by atoms with Crippen molar-refractivity contribution < 1.29 is 14.3 Å². The van der Waals surface area contributed by atoms with Crippen LogP contribution >= 0.6 is 0 Å².